The highest BCUT2D eigenvalue weighted by atomic mass is 19.1. The molecule has 0 aromatic carbocycles. The van der Waals surface area contributed by atoms with E-state index in [1.54, 1.807) is 7.11 Å². The molecule has 78 valence electrons. The lowest BCUT2D eigenvalue weighted by molar-refractivity contribution is 0.385. The SMILES string of the molecule is CCCC(C)c1cc(F)cnc1OC. The van der Waals surface area contributed by atoms with Gasteiger partial charge in [0.05, 0.1) is 13.3 Å². The fourth-order valence-corrected chi connectivity index (χ4v) is 1.55. The third-order valence-corrected chi connectivity index (χ3v) is 2.29. The molecular formula is C11H16FNO. The minimum absolute atomic E-state index is 0.290. The van der Waals surface area contributed by atoms with Gasteiger partial charge in [-0.05, 0) is 18.4 Å². The molecule has 1 atom stereocenters. The maximum absolute atomic E-state index is 13.0. The summed E-state index contributed by atoms with van der Waals surface area (Å²) < 4.78 is 18.1. The van der Waals surface area contributed by atoms with Crippen LogP contribution in [0.4, 0.5) is 4.39 Å². The summed E-state index contributed by atoms with van der Waals surface area (Å²) in [5.74, 6) is 0.522. The van der Waals surface area contributed by atoms with Gasteiger partial charge >= 0.3 is 0 Å². The maximum atomic E-state index is 13.0. The second kappa shape index (κ2) is 4.94. The number of hydrogen-bond donors (Lipinski definition) is 0. The van der Waals surface area contributed by atoms with Crippen LogP contribution < -0.4 is 4.74 Å². The predicted octanol–water partition coefficient (Wildman–Crippen LogP) is 3.13. The van der Waals surface area contributed by atoms with Gasteiger partial charge in [0, 0.05) is 5.56 Å². The summed E-state index contributed by atoms with van der Waals surface area (Å²) >= 11 is 0. The molecule has 0 amide bonds. The van der Waals surface area contributed by atoms with Crippen LogP contribution in [0.5, 0.6) is 5.88 Å². The molecule has 0 fully saturated rings. The van der Waals surface area contributed by atoms with E-state index in [9.17, 15) is 4.39 Å². The molecule has 1 aromatic heterocycles. The van der Waals surface area contributed by atoms with E-state index >= 15 is 0 Å². The molecule has 0 saturated heterocycles. The molecule has 1 unspecified atom stereocenters. The first-order valence-corrected chi connectivity index (χ1v) is 4.88. The summed E-state index contributed by atoms with van der Waals surface area (Å²) in [6.45, 7) is 4.16. The van der Waals surface area contributed by atoms with Crippen molar-refractivity contribution >= 4 is 0 Å². The molecule has 0 bridgehead atoms. The fraction of sp³-hybridized carbons (Fsp3) is 0.545. The second-order valence-electron chi connectivity index (χ2n) is 3.44. The number of aromatic nitrogens is 1. The van der Waals surface area contributed by atoms with Gasteiger partial charge in [0.15, 0.2) is 0 Å². The Balaban J connectivity index is 2.97. The van der Waals surface area contributed by atoms with E-state index in [1.807, 2.05) is 0 Å². The number of ether oxygens (including phenoxy) is 1. The van der Waals surface area contributed by atoms with Crippen LogP contribution >= 0.6 is 0 Å². The first-order chi connectivity index (χ1) is 6.69. The minimum Gasteiger partial charge on any atom is -0.481 e. The average Bonchev–Trinajstić information content (AvgIpc) is 2.18. The molecule has 1 heterocycles. The lowest BCUT2D eigenvalue weighted by atomic mass is 9.97. The Morgan fingerprint density at radius 3 is 2.86 bits per heavy atom. The zero-order chi connectivity index (χ0) is 10.6. The van der Waals surface area contributed by atoms with Gasteiger partial charge in [-0.1, -0.05) is 20.3 Å². The number of halogens is 1. The van der Waals surface area contributed by atoms with Gasteiger partial charge in [-0.2, -0.15) is 0 Å². The first kappa shape index (κ1) is 11.0. The highest BCUT2D eigenvalue weighted by Gasteiger charge is 2.12. The molecule has 0 aliphatic carbocycles. The fourth-order valence-electron chi connectivity index (χ4n) is 1.55. The molecule has 3 heteroatoms. The second-order valence-corrected chi connectivity index (χ2v) is 3.44. The molecule has 14 heavy (non-hydrogen) atoms. The van der Waals surface area contributed by atoms with Crippen LogP contribution in [0, 0.1) is 5.82 Å². The van der Waals surface area contributed by atoms with Crippen LogP contribution in [0.15, 0.2) is 12.3 Å². The van der Waals surface area contributed by atoms with Crippen molar-refractivity contribution in [1.82, 2.24) is 4.98 Å². The van der Waals surface area contributed by atoms with Crippen molar-refractivity contribution < 1.29 is 9.13 Å². The normalized spacial score (nSPS) is 12.6. The molecule has 1 aromatic rings. The summed E-state index contributed by atoms with van der Waals surface area (Å²) in [6.07, 6.45) is 3.27. The Hall–Kier alpha value is -1.12. The van der Waals surface area contributed by atoms with Crippen LogP contribution in [0.3, 0.4) is 0 Å². The van der Waals surface area contributed by atoms with Crippen molar-refractivity contribution in [2.45, 2.75) is 32.6 Å². The molecule has 0 aliphatic rings. The van der Waals surface area contributed by atoms with Crippen LogP contribution in [0.2, 0.25) is 0 Å². The van der Waals surface area contributed by atoms with Crippen molar-refractivity contribution in [3.63, 3.8) is 0 Å². The van der Waals surface area contributed by atoms with Gasteiger partial charge in [-0.3, -0.25) is 0 Å². The van der Waals surface area contributed by atoms with Crippen molar-refractivity contribution in [3.05, 3.63) is 23.6 Å². The predicted molar refractivity (Wildman–Crippen MR) is 54.1 cm³/mol. The van der Waals surface area contributed by atoms with Gasteiger partial charge in [0.25, 0.3) is 0 Å². The summed E-state index contributed by atoms with van der Waals surface area (Å²) in [7, 11) is 1.56. The molecule has 0 saturated carbocycles. The molecule has 0 radical (unpaired) electrons. The minimum atomic E-state index is -0.302. The summed E-state index contributed by atoms with van der Waals surface area (Å²) in [6, 6.07) is 1.51. The summed E-state index contributed by atoms with van der Waals surface area (Å²) in [5, 5.41) is 0. The van der Waals surface area contributed by atoms with E-state index in [2.05, 4.69) is 18.8 Å². The van der Waals surface area contributed by atoms with Gasteiger partial charge in [-0.15, -0.1) is 0 Å². The lowest BCUT2D eigenvalue weighted by Crippen LogP contribution is -2.00. The maximum Gasteiger partial charge on any atom is 0.216 e. The molecular weight excluding hydrogens is 181 g/mol. The highest BCUT2D eigenvalue weighted by Crippen LogP contribution is 2.27. The molecule has 0 aliphatic heterocycles. The average molecular weight is 197 g/mol. The number of pyridine rings is 1. The monoisotopic (exact) mass is 197 g/mol. The molecule has 0 N–H and O–H groups in total. The van der Waals surface area contributed by atoms with E-state index < -0.39 is 0 Å². The number of nitrogens with zero attached hydrogens (tertiary/aromatic N) is 1. The van der Waals surface area contributed by atoms with Gasteiger partial charge in [0.1, 0.15) is 5.82 Å². The van der Waals surface area contributed by atoms with Crippen molar-refractivity contribution in [1.29, 1.82) is 0 Å². The highest BCUT2D eigenvalue weighted by molar-refractivity contribution is 5.29. The Kier molecular flexibility index (Phi) is 3.86. The van der Waals surface area contributed by atoms with Gasteiger partial charge in [-0.25, -0.2) is 9.37 Å². The molecule has 2 nitrogen and oxygen atoms in total. The third-order valence-electron chi connectivity index (χ3n) is 2.29. The number of rotatable bonds is 4. The van der Waals surface area contributed by atoms with Gasteiger partial charge in [0.2, 0.25) is 5.88 Å². The quantitative estimate of drug-likeness (QED) is 0.739. The van der Waals surface area contributed by atoms with E-state index in [1.165, 1.54) is 12.3 Å². The zero-order valence-electron chi connectivity index (χ0n) is 8.88. The van der Waals surface area contributed by atoms with Crippen molar-refractivity contribution in [2.24, 2.45) is 0 Å². The molecule has 0 spiro atoms. The Labute approximate surface area is 84.1 Å². The zero-order valence-corrected chi connectivity index (χ0v) is 8.88. The largest absolute Gasteiger partial charge is 0.481 e. The smallest absolute Gasteiger partial charge is 0.216 e. The number of methoxy groups -OCH3 is 1. The van der Waals surface area contributed by atoms with E-state index in [0.29, 0.717) is 5.88 Å². The van der Waals surface area contributed by atoms with E-state index in [0.717, 1.165) is 18.4 Å². The first-order valence-electron chi connectivity index (χ1n) is 4.88. The summed E-state index contributed by atoms with van der Waals surface area (Å²) in [4.78, 5) is 3.90. The van der Waals surface area contributed by atoms with E-state index in [-0.39, 0.29) is 11.7 Å². The van der Waals surface area contributed by atoms with Crippen molar-refractivity contribution in [2.75, 3.05) is 7.11 Å². The van der Waals surface area contributed by atoms with Crippen LogP contribution in [-0.2, 0) is 0 Å². The Bertz CT molecular complexity index is 301. The Morgan fingerprint density at radius 2 is 2.29 bits per heavy atom. The van der Waals surface area contributed by atoms with Crippen LogP contribution in [-0.4, -0.2) is 12.1 Å². The van der Waals surface area contributed by atoms with Crippen molar-refractivity contribution in [3.8, 4) is 5.88 Å². The Morgan fingerprint density at radius 1 is 1.57 bits per heavy atom. The topological polar surface area (TPSA) is 22.1 Å². The van der Waals surface area contributed by atoms with Gasteiger partial charge < -0.3 is 4.74 Å². The summed E-state index contributed by atoms with van der Waals surface area (Å²) in [5.41, 5.74) is 0.856. The third kappa shape index (κ3) is 2.44. The van der Waals surface area contributed by atoms with E-state index in [4.69, 9.17) is 4.74 Å². The van der Waals surface area contributed by atoms with Crippen LogP contribution in [0.25, 0.3) is 0 Å². The number of hydrogen-bond acceptors (Lipinski definition) is 2. The lowest BCUT2D eigenvalue weighted by Gasteiger charge is -2.13. The van der Waals surface area contributed by atoms with Crippen LogP contribution in [0.1, 0.15) is 38.2 Å². The standard InChI is InChI=1S/C11H16FNO/c1-4-5-8(2)10-6-9(12)7-13-11(10)14-3/h6-8H,4-5H2,1-3H3. The molecule has 1 rings (SSSR count).